The zero-order chi connectivity index (χ0) is 15.2. The molecule has 1 N–H and O–H groups in total. The van der Waals surface area contributed by atoms with E-state index in [0.717, 1.165) is 41.3 Å². The molecule has 0 spiro atoms. The van der Waals surface area contributed by atoms with Crippen LogP contribution in [0.25, 0.3) is 0 Å². The van der Waals surface area contributed by atoms with Gasteiger partial charge >= 0.3 is 0 Å². The number of halogens is 1. The lowest BCUT2D eigenvalue weighted by Crippen LogP contribution is -2.08. The molecule has 2 aromatic rings. The third-order valence-electron chi connectivity index (χ3n) is 3.11. The van der Waals surface area contributed by atoms with E-state index >= 15 is 0 Å². The van der Waals surface area contributed by atoms with Gasteiger partial charge in [-0.2, -0.15) is 5.10 Å². The molecule has 21 heavy (non-hydrogen) atoms. The van der Waals surface area contributed by atoms with Crippen LogP contribution in [0, 0.1) is 5.92 Å². The normalized spacial score (nSPS) is 11.1. The second-order valence-electron chi connectivity index (χ2n) is 5.47. The number of nitrogens with zero attached hydrogens (tertiary/aromatic N) is 2. The Balaban J connectivity index is 2.16. The van der Waals surface area contributed by atoms with Crippen LogP contribution in [-0.4, -0.2) is 16.8 Å². The molecule has 1 heterocycles. The lowest BCUT2D eigenvalue weighted by molar-refractivity contribution is 0.390. The molecular weight excluding hydrogens is 330 g/mol. The molecule has 5 heteroatoms. The second kappa shape index (κ2) is 7.61. The van der Waals surface area contributed by atoms with Crippen LogP contribution in [0.15, 0.2) is 34.8 Å². The van der Waals surface area contributed by atoms with Gasteiger partial charge in [0.2, 0.25) is 5.88 Å². The fraction of sp³-hybridized carbons (Fsp3) is 0.438. The average molecular weight is 352 g/mol. The van der Waals surface area contributed by atoms with Crippen molar-refractivity contribution in [2.75, 3.05) is 7.05 Å². The van der Waals surface area contributed by atoms with Crippen molar-refractivity contribution < 1.29 is 4.74 Å². The summed E-state index contributed by atoms with van der Waals surface area (Å²) in [6.45, 7) is 6.04. The van der Waals surface area contributed by atoms with Gasteiger partial charge in [0.1, 0.15) is 5.75 Å². The number of nitrogens with one attached hydrogen (secondary N) is 1. The fourth-order valence-electron chi connectivity index (χ4n) is 1.96. The van der Waals surface area contributed by atoms with Crippen LogP contribution in [0.3, 0.4) is 0 Å². The van der Waals surface area contributed by atoms with Crippen LogP contribution in [0.5, 0.6) is 11.6 Å². The van der Waals surface area contributed by atoms with Gasteiger partial charge in [0, 0.05) is 23.6 Å². The molecule has 0 saturated heterocycles. The van der Waals surface area contributed by atoms with Crippen molar-refractivity contribution in [2.24, 2.45) is 5.92 Å². The molecule has 2 rings (SSSR count). The monoisotopic (exact) mass is 351 g/mol. The highest BCUT2D eigenvalue weighted by Gasteiger charge is 2.10. The van der Waals surface area contributed by atoms with Gasteiger partial charge in [-0.05, 0) is 43.7 Å². The van der Waals surface area contributed by atoms with Gasteiger partial charge in [-0.3, -0.25) is 0 Å². The molecule has 0 fully saturated rings. The molecule has 0 aliphatic carbocycles. The van der Waals surface area contributed by atoms with Crippen molar-refractivity contribution in [1.29, 1.82) is 0 Å². The quantitative estimate of drug-likeness (QED) is 0.812. The van der Waals surface area contributed by atoms with E-state index < -0.39 is 0 Å². The van der Waals surface area contributed by atoms with Crippen molar-refractivity contribution >= 4 is 15.9 Å². The van der Waals surface area contributed by atoms with Crippen LogP contribution in [-0.2, 0) is 13.1 Å². The van der Waals surface area contributed by atoms with Crippen LogP contribution in [0.1, 0.15) is 26.0 Å². The van der Waals surface area contributed by atoms with Crippen molar-refractivity contribution in [3.8, 4) is 11.6 Å². The Morgan fingerprint density at radius 3 is 2.62 bits per heavy atom. The molecular formula is C16H22BrN3O. The Bertz CT molecular complexity index is 563. The summed E-state index contributed by atoms with van der Waals surface area (Å²) >= 11 is 3.43. The summed E-state index contributed by atoms with van der Waals surface area (Å²) < 4.78 is 8.97. The van der Waals surface area contributed by atoms with E-state index in [1.54, 1.807) is 0 Å². The molecule has 0 aliphatic heterocycles. The van der Waals surface area contributed by atoms with Crippen molar-refractivity contribution in [2.45, 2.75) is 33.4 Å². The van der Waals surface area contributed by atoms with E-state index in [4.69, 9.17) is 4.74 Å². The topological polar surface area (TPSA) is 39.1 Å². The minimum absolute atomic E-state index is 0.641. The van der Waals surface area contributed by atoms with Crippen LogP contribution in [0.4, 0.5) is 0 Å². The first-order valence-electron chi connectivity index (χ1n) is 7.23. The summed E-state index contributed by atoms with van der Waals surface area (Å²) in [4.78, 5) is 0. The first kappa shape index (κ1) is 16.0. The largest absolute Gasteiger partial charge is 0.439 e. The maximum atomic E-state index is 5.98. The maximum Gasteiger partial charge on any atom is 0.218 e. The molecule has 0 saturated carbocycles. The summed E-state index contributed by atoms with van der Waals surface area (Å²) in [6, 6.07) is 9.83. The van der Waals surface area contributed by atoms with Crippen LogP contribution >= 0.6 is 15.9 Å². The van der Waals surface area contributed by atoms with Gasteiger partial charge in [0.15, 0.2) is 0 Å². The summed E-state index contributed by atoms with van der Waals surface area (Å²) in [5.74, 6) is 2.26. The summed E-state index contributed by atoms with van der Waals surface area (Å²) in [5, 5.41) is 7.73. The Morgan fingerprint density at radius 1 is 1.29 bits per heavy atom. The van der Waals surface area contributed by atoms with Crippen LogP contribution in [0.2, 0.25) is 0 Å². The van der Waals surface area contributed by atoms with E-state index in [0.29, 0.717) is 5.92 Å². The van der Waals surface area contributed by atoms with Crippen LogP contribution < -0.4 is 10.1 Å². The minimum atomic E-state index is 0.641. The van der Waals surface area contributed by atoms with Crippen molar-refractivity contribution in [3.05, 3.63) is 40.5 Å². The third-order valence-corrected chi connectivity index (χ3v) is 3.63. The number of hydrogen-bond donors (Lipinski definition) is 1. The number of aromatic nitrogens is 2. The number of aryl methyl sites for hydroxylation is 1. The molecule has 1 aromatic heterocycles. The van der Waals surface area contributed by atoms with Gasteiger partial charge in [-0.25, -0.2) is 4.68 Å². The summed E-state index contributed by atoms with van der Waals surface area (Å²) in [6.07, 6.45) is 1.08. The van der Waals surface area contributed by atoms with Crippen molar-refractivity contribution in [1.82, 2.24) is 15.1 Å². The second-order valence-corrected chi connectivity index (χ2v) is 6.38. The molecule has 4 nitrogen and oxygen atoms in total. The third kappa shape index (κ3) is 4.86. The first-order valence-corrected chi connectivity index (χ1v) is 8.02. The van der Waals surface area contributed by atoms with Crippen molar-refractivity contribution in [3.63, 3.8) is 0 Å². The molecule has 0 atom stereocenters. The molecule has 1 aromatic carbocycles. The number of ether oxygens (including phenoxy) is 1. The average Bonchev–Trinajstić information content (AvgIpc) is 2.81. The lowest BCUT2D eigenvalue weighted by Gasteiger charge is -2.10. The van der Waals surface area contributed by atoms with E-state index in [1.807, 2.05) is 42.1 Å². The van der Waals surface area contributed by atoms with Gasteiger partial charge in [0.25, 0.3) is 0 Å². The predicted octanol–water partition coefficient (Wildman–Crippen LogP) is 4.20. The molecule has 114 valence electrons. The smallest absolute Gasteiger partial charge is 0.218 e. The Labute approximate surface area is 134 Å². The molecule has 0 bridgehead atoms. The molecule has 0 aliphatic rings. The van der Waals surface area contributed by atoms with E-state index in [2.05, 4.69) is 40.2 Å². The van der Waals surface area contributed by atoms with E-state index in [-0.39, 0.29) is 0 Å². The first-order chi connectivity index (χ1) is 10.1. The number of rotatable bonds is 7. The van der Waals surface area contributed by atoms with Gasteiger partial charge in [-0.15, -0.1) is 0 Å². The minimum Gasteiger partial charge on any atom is -0.439 e. The highest BCUT2D eigenvalue weighted by Crippen LogP contribution is 2.24. The maximum absolute atomic E-state index is 5.98. The van der Waals surface area contributed by atoms with Gasteiger partial charge in [-0.1, -0.05) is 29.8 Å². The Hall–Kier alpha value is -1.33. The standard InChI is InChI=1S/C16H22BrN3O/c1-12(2)8-9-20-16(10-14(19-20)11-18-3)21-15-6-4-13(17)5-7-15/h4-7,10,12,18H,8-9,11H2,1-3H3. The lowest BCUT2D eigenvalue weighted by atomic mass is 10.1. The number of hydrogen-bond acceptors (Lipinski definition) is 3. The highest BCUT2D eigenvalue weighted by atomic mass is 79.9. The fourth-order valence-corrected chi connectivity index (χ4v) is 2.23. The SMILES string of the molecule is CNCc1cc(Oc2ccc(Br)cc2)n(CCC(C)C)n1. The summed E-state index contributed by atoms with van der Waals surface area (Å²) in [7, 11) is 1.92. The zero-order valence-electron chi connectivity index (χ0n) is 12.8. The molecule has 0 unspecified atom stereocenters. The van der Waals surface area contributed by atoms with E-state index in [9.17, 15) is 0 Å². The zero-order valence-corrected chi connectivity index (χ0v) is 14.4. The molecule has 0 radical (unpaired) electrons. The predicted molar refractivity (Wildman–Crippen MR) is 88.7 cm³/mol. The Kier molecular flexibility index (Phi) is 5.82. The number of benzene rings is 1. The van der Waals surface area contributed by atoms with E-state index in [1.165, 1.54) is 0 Å². The molecule has 0 amide bonds. The Morgan fingerprint density at radius 2 is 2.00 bits per heavy atom. The van der Waals surface area contributed by atoms with Gasteiger partial charge < -0.3 is 10.1 Å². The summed E-state index contributed by atoms with van der Waals surface area (Å²) in [5.41, 5.74) is 0.994. The highest BCUT2D eigenvalue weighted by molar-refractivity contribution is 9.10. The van der Waals surface area contributed by atoms with Gasteiger partial charge in [0.05, 0.1) is 5.69 Å².